The maximum absolute atomic E-state index is 11.9. The van der Waals surface area contributed by atoms with Crippen molar-refractivity contribution in [3.8, 4) is 0 Å². The van der Waals surface area contributed by atoms with Crippen LogP contribution in [0.2, 0.25) is 0 Å². The molecule has 0 saturated carbocycles. The summed E-state index contributed by atoms with van der Waals surface area (Å²) in [5.74, 6) is 0.594. The second-order valence-electron chi connectivity index (χ2n) is 5.93. The number of halogens is 2. The Morgan fingerprint density at radius 2 is 1.92 bits per heavy atom. The molecule has 0 aliphatic heterocycles. The van der Waals surface area contributed by atoms with E-state index in [2.05, 4.69) is 64.6 Å². The molecule has 0 unspecified atom stereocenters. The molecule has 7 heteroatoms. The average Bonchev–Trinajstić information content (AvgIpc) is 2.99. The third-order valence-electron chi connectivity index (χ3n) is 4.02. The number of aromatic nitrogens is 2. The Balaban J connectivity index is 1.40. The minimum Gasteiger partial charge on any atom is -0.356 e. The highest BCUT2D eigenvalue weighted by Crippen LogP contribution is 2.20. The fourth-order valence-corrected chi connectivity index (χ4v) is 4.28. The van der Waals surface area contributed by atoms with E-state index in [4.69, 9.17) is 0 Å². The molecule has 24 heavy (non-hydrogen) atoms. The van der Waals surface area contributed by atoms with Gasteiger partial charge >= 0.3 is 0 Å². The van der Waals surface area contributed by atoms with Crippen molar-refractivity contribution >= 4 is 37.8 Å². The fraction of sp³-hybridized carbons (Fsp3) is 0.412. The van der Waals surface area contributed by atoms with Gasteiger partial charge in [0.05, 0.1) is 5.69 Å². The van der Waals surface area contributed by atoms with Gasteiger partial charge in [0.25, 0.3) is 5.56 Å². The largest absolute Gasteiger partial charge is 0.356 e. The van der Waals surface area contributed by atoms with Crippen LogP contribution in [0.25, 0.3) is 0 Å². The number of hydrogen-bond acceptors (Lipinski definition) is 4. The molecular formula is C17H20Br2N4O. The van der Waals surface area contributed by atoms with E-state index < -0.39 is 0 Å². The number of benzene rings is 1. The second-order valence-corrected chi connectivity index (χ2v) is 7.76. The van der Waals surface area contributed by atoms with Crippen molar-refractivity contribution < 1.29 is 0 Å². The van der Waals surface area contributed by atoms with E-state index in [1.54, 1.807) is 0 Å². The molecule has 2 aromatic rings. The van der Waals surface area contributed by atoms with Gasteiger partial charge < -0.3 is 10.6 Å². The van der Waals surface area contributed by atoms with Crippen LogP contribution in [0.15, 0.2) is 31.9 Å². The zero-order chi connectivity index (χ0) is 16.9. The first-order valence-electron chi connectivity index (χ1n) is 8.13. The number of hydrogen-bond donors (Lipinski definition) is 3. The summed E-state index contributed by atoms with van der Waals surface area (Å²) in [7, 11) is 0. The van der Waals surface area contributed by atoms with Gasteiger partial charge in [0.1, 0.15) is 0 Å². The summed E-state index contributed by atoms with van der Waals surface area (Å²) in [5.41, 5.74) is 3.06. The Hall–Kier alpha value is -1.18. The quantitative estimate of drug-likeness (QED) is 0.559. The van der Waals surface area contributed by atoms with Crippen LogP contribution in [-0.2, 0) is 19.4 Å². The molecule has 0 radical (unpaired) electrons. The molecular weight excluding hydrogens is 436 g/mol. The van der Waals surface area contributed by atoms with E-state index in [-0.39, 0.29) is 5.56 Å². The molecule has 1 heterocycles. The van der Waals surface area contributed by atoms with E-state index in [0.717, 1.165) is 65.5 Å². The highest BCUT2D eigenvalue weighted by Gasteiger charge is 2.16. The summed E-state index contributed by atoms with van der Waals surface area (Å²) >= 11 is 6.99. The molecule has 0 saturated heterocycles. The Kier molecular flexibility index (Phi) is 6.08. The minimum atomic E-state index is 0.0124. The number of anilines is 1. The Morgan fingerprint density at radius 1 is 1.12 bits per heavy atom. The maximum Gasteiger partial charge on any atom is 0.255 e. The SMILES string of the molecule is O=c1[nH]c(NCCCNCc2cc(Br)cc(Br)c2)nc2c1CCC2. The van der Waals surface area contributed by atoms with Crippen LogP contribution in [0.5, 0.6) is 0 Å². The summed E-state index contributed by atoms with van der Waals surface area (Å²) in [6.07, 6.45) is 3.76. The highest BCUT2D eigenvalue weighted by molar-refractivity contribution is 9.11. The van der Waals surface area contributed by atoms with E-state index in [0.29, 0.717) is 5.95 Å². The van der Waals surface area contributed by atoms with Crippen molar-refractivity contribution in [2.75, 3.05) is 18.4 Å². The first kappa shape index (κ1) is 17.6. The first-order chi connectivity index (χ1) is 11.6. The van der Waals surface area contributed by atoms with Crippen LogP contribution in [0.1, 0.15) is 29.7 Å². The zero-order valence-electron chi connectivity index (χ0n) is 13.3. The molecule has 0 bridgehead atoms. The lowest BCUT2D eigenvalue weighted by Crippen LogP contribution is -2.20. The number of aromatic amines is 1. The Morgan fingerprint density at radius 3 is 2.71 bits per heavy atom. The first-order valence-corrected chi connectivity index (χ1v) is 9.72. The van der Waals surface area contributed by atoms with Gasteiger partial charge in [-0.05, 0) is 56.0 Å². The number of nitrogens with one attached hydrogen (secondary N) is 3. The molecule has 3 N–H and O–H groups in total. The molecule has 0 atom stereocenters. The lowest BCUT2D eigenvalue weighted by Gasteiger charge is -2.08. The van der Waals surface area contributed by atoms with Gasteiger partial charge in [-0.2, -0.15) is 0 Å². The van der Waals surface area contributed by atoms with Crippen LogP contribution in [0.4, 0.5) is 5.95 Å². The fourth-order valence-electron chi connectivity index (χ4n) is 2.89. The molecule has 1 aliphatic carbocycles. The molecule has 1 aliphatic rings. The van der Waals surface area contributed by atoms with Crippen molar-refractivity contribution in [3.63, 3.8) is 0 Å². The number of fused-ring (bicyclic) bond motifs is 1. The molecule has 5 nitrogen and oxygen atoms in total. The van der Waals surface area contributed by atoms with E-state index >= 15 is 0 Å². The normalized spacial score (nSPS) is 13.1. The second kappa shape index (κ2) is 8.27. The van der Waals surface area contributed by atoms with E-state index in [1.165, 1.54) is 5.56 Å². The zero-order valence-corrected chi connectivity index (χ0v) is 16.5. The molecule has 0 fully saturated rings. The molecule has 1 aromatic carbocycles. The van der Waals surface area contributed by atoms with Gasteiger partial charge in [-0.1, -0.05) is 31.9 Å². The summed E-state index contributed by atoms with van der Waals surface area (Å²) in [6.45, 7) is 2.50. The predicted octanol–water partition coefficient (Wildman–Crippen LogP) is 3.38. The van der Waals surface area contributed by atoms with E-state index in [1.807, 2.05) is 6.07 Å². The van der Waals surface area contributed by atoms with Gasteiger partial charge in [-0.15, -0.1) is 0 Å². The van der Waals surface area contributed by atoms with Gasteiger partial charge in [-0.3, -0.25) is 9.78 Å². The monoisotopic (exact) mass is 454 g/mol. The van der Waals surface area contributed by atoms with Crippen LogP contribution in [0, 0.1) is 0 Å². The predicted molar refractivity (Wildman–Crippen MR) is 104 cm³/mol. The van der Waals surface area contributed by atoms with Crippen LogP contribution in [0.3, 0.4) is 0 Å². The van der Waals surface area contributed by atoms with Crippen LogP contribution < -0.4 is 16.2 Å². The van der Waals surface area contributed by atoms with Crippen molar-refractivity contribution in [3.05, 3.63) is 54.3 Å². The smallest absolute Gasteiger partial charge is 0.255 e. The van der Waals surface area contributed by atoms with Crippen molar-refractivity contribution in [1.29, 1.82) is 0 Å². The number of aryl methyl sites for hydroxylation is 1. The summed E-state index contributed by atoms with van der Waals surface area (Å²) in [4.78, 5) is 19.3. The summed E-state index contributed by atoms with van der Waals surface area (Å²) in [5, 5.41) is 6.63. The van der Waals surface area contributed by atoms with Gasteiger partial charge in [-0.25, -0.2) is 4.98 Å². The topological polar surface area (TPSA) is 69.8 Å². The number of nitrogens with zero attached hydrogens (tertiary/aromatic N) is 1. The average molecular weight is 456 g/mol. The van der Waals surface area contributed by atoms with Crippen LogP contribution >= 0.6 is 31.9 Å². The van der Waals surface area contributed by atoms with Gasteiger partial charge in [0.2, 0.25) is 5.95 Å². The van der Waals surface area contributed by atoms with E-state index in [9.17, 15) is 4.79 Å². The molecule has 1 aromatic heterocycles. The third-order valence-corrected chi connectivity index (χ3v) is 4.93. The van der Waals surface area contributed by atoms with Crippen molar-refractivity contribution in [2.24, 2.45) is 0 Å². The summed E-state index contributed by atoms with van der Waals surface area (Å²) in [6, 6.07) is 6.24. The summed E-state index contributed by atoms with van der Waals surface area (Å²) < 4.78 is 2.14. The van der Waals surface area contributed by atoms with Gasteiger partial charge in [0.15, 0.2) is 0 Å². The standard InChI is InChI=1S/C17H20Br2N4O/c18-12-7-11(8-13(19)9-12)10-20-5-2-6-21-17-22-15-4-1-3-14(15)16(24)23-17/h7-9,20H,1-6,10H2,(H2,21,22,23,24). The minimum absolute atomic E-state index is 0.0124. The molecule has 3 rings (SSSR count). The Labute approximate surface area is 157 Å². The number of rotatable bonds is 7. The molecule has 0 spiro atoms. The lowest BCUT2D eigenvalue weighted by atomic mass is 10.2. The number of H-pyrrole nitrogens is 1. The lowest BCUT2D eigenvalue weighted by molar-refractivity contribution is 0.661. The highest BCUT2D eigenvalue weighted by atomic mass is 79.9. The third kappa shape index (κ3) is 4.68. The van der Waals surface area contributed by atoms with Crippen molar-refractivity contribution in [1.82, 2.24) is 15.3 Å². The van der Waals surface area contributed by atoms with Gasteiger partial charge in [0, 0.05) is 27.6 Å². The Bertz CT molecular complexity index is 755. The van der Waals surface area contributed by atoms with Crippen LogP contribution in [-0.4, -0.2) is 23.1 Å². The molecule has 128 valence electrons. The molecule has 0 amide bonds. The maximum atomic E-state index is 11.9. The van der Waals surface area contributed by atoms with Crippen molar-refractivity contribution in [2.45, 2.75) is 32.2 Å².